The normalized spacial score (nSPS) is 17.8. The highest BCUT2D eigenvalue weighted by Gasteiger charge is 2.34. The lowest BCUT2D eigenvalue weighted by Gasteiger charge is -2.41. The number of piperidine rings is 1. The molecule has 0 radical (unpaired) electrons. The first kappa shape index (κ1) is 18.7. The van der Waals surface area contributed by atoms with Crippen molar-refractivity contribution in [3.63, 3.8) is 0 Å². The molecule has 7 nitrogen and oxygen atoms in total. The first-order chi connectivity index (χ1) is 14.6. The Balaban J connectivity index is 1.33. The number of hydrogen-bond donors (Lipinski definition) is 0. The summed E-state index contributed by atoms with van der Waals surface area (Å²) in [5, 5.41) is 9.16. The summed E-state index contributed by atoms with van der Waals surface area (Å²) in [5.41, 5.74) is 5.17. The van der Waals surface area contributed by atoms with Crippen LogP contribution >= 0.6 is 0 Å². The Labute approximate surface area is 176 Å². The first-order valence-corrected chi connectivity index (χ1v) is 10.6. The fourth-order valence-corrected chi connectivity index (χ4v) is 4.53. The van der Waals surface area contributed by atoms with Crippen molar-refractivity contribution in [2.45, 2.75) is 32.6 Å². The monoisotopic (exact) mass is 399 g/mol. The molecule has 2 saturated heterocycles. The summed E-state index contributed by atoms with van der Waals surface area (Å²) in [6, 6.07) is 8.61. The number of fused-ring (bicyclic) bond motifs is 1. The summed E-state index contributed by atoms with van der Waals surface area (Å²) in [7, 11) is 0. The third-order valence-electron chi connectivity index (χ3n) is 6.23. The zero-order chi connectivity index (χ0) is 20.7. The molecule has 0 spiro atoms. The van der Waals surface area contributed by atoms with E-state index in [1.807, 2.05) is 6.92 Å². The average molecular weight is 400 g/mol. The molecule has 0 bridgehead atoms. The van der Waals surface area contributed by atoms with Gasteiger partial charge in [-0.1, -0.05) is 0 Å². The van der Waals surface area contributed by atoms with Gasteiger partial charge < -0.3 is 9.80 Å². The van der Waals surface area contributed by atoms with Crippen LogP contribution in [0.15, 0.2) is 30.6 Å². The molecule has 3 aromatic heterocycles. The maximum absolute atomic E-state index is 9.16. The molecule has 0 amide bonds. The zero-order valence-corrected chi connectivity index (χ0v) is 17.4. The molecule has 0 atom stereocenters. The van der Waals surface area contributed by atoms with E-state index in [4.69, 9.17) is 15.2 Å². The Hall–Kier alpha value is -3.27. The highest BCUT2D eigenvalue weighted by atomic mass is 15.3. The Morgan fingerprint density at radius 2 is 1.77 bits per heavy atom. The smallest absolute Gasteiger partial charge is 0.150 e. The summed E-state index contributed by atoms with van der Waals surface area (Å²) in [4.78, 5) is 23.4. The maximum atomic E-state index is 9.16. The fraction of sp³-hybridized carbons (Fsp3) is 0.435. The summed E-state index contributed by atoms with van der Waals surface area (Å²) in [6.07, 6.45) is 5.36. The molecule has 0 saturated carbocycles. The molecule has 2 aliphatic rings. The summed E-state index contributed by atoms with van der Waals surface area (Å²) in [5.74, 6) is 2.49. The van der Waals surface area contributed by atoms with Crippen LogP contribution in [0.5, 0.6) is 0 Å². The lowest BCUT2D eigenvalue weighted by atomic mass is 9.94. The van der Waals surface area contributed by atoms with E-state index in [2.05, 4.69) is 51.0 Å². The third kappa shape index (κ3) is 3.32. The van der Waals surface area contributed by atoms with E-state index in [-0.39, 0.29) is 5.92 Å². The molecule has 0 aliphatic carbocycles. The van der Waals surface area contributed by atoms with Crippen molar-refractivity contribution in [3.8, 4) is 6.07 Å². The minimum Gasteiger partial charge on any atom is -0.355 e. The maximum Gasteiger partial charge on any atom is 0.150 e. The van der Waals surface area contributed by atoms with Gasteiger partial charge in [-0.15, -0.1) is 0 Å². The van der Waals surface area contributed by atoms with E-state index in [1.54, 1.807) is 12.4 Å². The van der Waals surface area contributed by atoms with Gasteiger partial charge in [0.15, 0.2) is 5.82 Å². The number of aryl methyl sites for hydroxylation is 2. The molecule has 5 rings (SSSR count). The average Bonchev–Trinajstić information content (AvgIpc) is 2.73. The number of rotatable bonds is 3. The van der Waals surface area contributed by atoms with Crippen molar-refractivity contribution in [2.24, 2.45) is 5.92 Å². The quantitative estimate of drug-likeness (QED) is 0.668. The lowest BCUT2D eigenvalue weighted by Crippen LogP contribution is -2.47. The number of nitrogens with zero attached hydrogens (tertiary/aromatic N) is 7. The molecule has 7 heteroatoms. The van der Waals surface area contributed by atoms with Crippen LogP contribution in [-0.4, -0.2) is 46.1 Å². The van der Waals surface area contributed by atoms with Gasteiger partial charge in [0, 0.05) is 56.1 Å². The van der Waals surface area contributed by atoms with Crippen molar-refractivity contribution >= 4 is 22.7 Å². The second-order valence-corrected chi connectivity index (χ2v) is 8.38. The van der Waals surface area contributed by atoms with E-state index in [9.17, 15) is 0 Å². The van der Waals surface area contributed by atoms with Crippen molar-refractivity contribution < 1.29 is 0 Å². The van der Waals surface area contributed by atoms with Crippen LogP contribution in [0.3, 0.4) is 0 Å². The number of aromatic nitrogens is 4. The van der Waals surface area contributed by atoms with Gasteiger partial charge >= 0.3 is 0 Å². The van der Waals surface area contributed by atoms with Gasteiger partial charge in [-0.25, -0.2) is 9.97 Å². The van der Waals surface area contributed by atoms with Crippen LogP contribution in [-0.2, 0) is 0 Å². The fourth-order valence-electron chi connectivity index (χ4n) is 4.53. The largest absolute Gasteiger partial charge is 0.355 e. The van der Waals surface area contributed by atoms with Crippen molar-refractivity contribution in [1.82, 2.24) is 19.9 Å². The highest BCUT2D eigenvalue weighted by molar-refractivity contribution is 5.80. The summed E-state index contributed by atoms with van der Waals surface area (Å²) >= 11 is 0. The molecule has 0 N–H and O–H groups in total. The van der Waals surface area contributed by atoms with E-state index in [0.717, 1.165) is 78.6 Å². The molecule has 5 heterocycles. The van der Waals surface area contributed by atoms with Gasteiger partial charge in [0.2, 0.25) is 0 Å². The van der Waals surface area contributed by atoms with Gasteiger partial charge in [0.05, 0.1) is 22.8 Å². The van der Waals surface area contributed by atoms with E-state index in [1.165, 1.54) is 0 Å². The number of anilines is 2. The first-order valence-electron chi connectivity index (χ1n) is 10.6. The lowest BCUT2D eigenvalue weighted by molar-refractivity contribution is 0.473. The van der Waals surface area contributed by atoms with Gasteiger partial charge in [0.25, 0.3) is 0 Å². The zero-order valence-electron chi connectivity index (χ0n) is 17.4. The molecular formula is C23H25N7. The molecular weight excluding hydrogens is 374 g/mol. The molecule has 2 fully saturated rings. The van der Waals surface area contributed by atoms with Crippen LogP contribution in [0.4, 0.5) is 11.6 Å². The standard InChI is InChI=1S/C23H25N7/c1-15-11-16(2)27-19-3-4-20(28-21(15)19)30-13-18(14-30)22-23(26-8-7-25-22)29-9-5-17(12-24)6-10-29/h3-4,7-8,11,17-18H,5-6,9-10,13-14H2,1-2H3. The van der Waals surface area contributed by atoms with Crippen LogP contribution in [0.25, 0.3) is 11.0 Å². The molecule has 152 valence electrons. The van der Waals surface area contributed by atoms with Crippen molar-refractivity contribution in [1.29, 1.82) is 5.26 Å². The highest BCUT2D eigenvalue weighted by Crippen LogP contribution is 2.35. The Bertz CT molecular complexity index is 1120. The van der Waals surface area contributed by atoms with Crippen LogP contribution in [0.2, 0.25) is 0 Å². The SMILES string of the molecule is Cc1cc(C)c2nc(N3CC(c4nccnc4N4CCC(C#N)CC4)C3)ccc2n1. The number of pyridine rings is 2. The molecule has 2 aliphatic heterocycles. The van der Waals surface area contributed by atoms with E-state index >= 15 is 0 Å². The second kappa shape index (κ2) is 7.52. The van der Waals surface area contributed by atoms with Gasteiger partial charge in [0.1, 0.15) is 5.82 Å². The number of hydrogen-bond acceptors (Lipinski definition) is 7. The Kier molecular flexibility index (Phi) is 4.70. The van der Waals surface area contributed by atoms with Gasteiger partial charge in [-0.3, -0.25) is 9.97 Å². The van der Waals surface area contributed by atoms with Crippen LogP contribution in [0.1, 0.15) is 35.7 Å². The Morgan fingerprint density at radius 3 is 2.53 bits per heavy atom. The van der Waals surface area contributed by atoms with E-state index < -0.39 is 0 Å². The summed E-state index contributed by atoms with van der Waals surface area (Å²) in [6.45, 7) is 7.63. The van der Waals surface area contributed by atoms with Crippen LogP contribution < -0.4 is 9.80 Å². The predicted molar refractivity (Wildman–Crippen MR) is 117 cm³/mol. The minimum absolute atomic E-state index is 0.168. The van der Waals surface area contributed by atoms with Crippen LogP contribution in [0, 0.1) is 31.1 Å². The second-order valence-electron chi connectivity index (χ2n) is 8.38. The molecule has 3 aromatic rings. The Morgan fingerprint density at radius 1 is 1.00 bits per heavy atom. The topological polar surface area (TPSA) is 81.8 Å². The predicted octanol–water partition coefficient (Wildman–Crippen LogP) is 3.38. The molecule has 30 heavy (non-hydrogen) atoms. The summed E-state index contributed by atoms with van der Waals surface area (Å²) < 4.78 is 0. The number of nitriles is 1. The molecule has 0 unspecified atom stereocenters. The van der Waals surface area contributed by atoms with Crippen molar-refractivity contribution in [3.05, 3.63) is 47.5 Å². The minimum atomic E-state index is 0.168. The van der Waals surface area contributed by atoms with Gasteiger partial charge in [-0.05, 0) is 50.5 Å². The van der Waals surface area contributed by atoms with Crippen molar-refractivity contribution in [2.75, 3.05) is 36.0 Å². The van der Waals surface area contributed by atoms with Gasteiger partial charge in [-0.2, -0.15) is 5.26 Å². The third-order valence-corrected chi connectivity index (χ3v) is 6.23. The van der Waals surface area contributed by atoms with E-state index in [0.29, 0.717) is 5.92 Å². The molecule has 0 aromatic carbocycles.